The van der Waals surface area contributed by atoms with Gasteiger partial charge >= 0.3 is 0 Å². The van der Waals surface area contributed by atoms with Crippen LogP contribution in [0.1, 0.15) is 12.8 Å². The molecule has 0 aliphatic heterocycles. The van der Waals surface area contributed by atoms with E-state index in [0.717, 1.165) is 6.54 Å². The Kier molecular flexibility index (Phi) is 4.51. The second-order valence-corrected chi connectivity index (χ2v) is 2.43. The molecule has 0 aromatic heterocycles. The molecule has 10 heavy (non-hydrogen) atoms. The molecule has 0 N–H and O–H groups in total. The van der Waals surface area contributed by atoms with E-state index < -0.39 is 0 Å². The highest BCUT2D eigenvalue weighted by Crippen LogP contribution is 1.89. The Morgan fingerprint density at radius 3 is 2.60 bits per heavy atom. The maximum absolute atomic E-state index is 10.7. The van der Waals surface area contributed by atoms with E-state index in [9.17, 15) is 4.79 Å². The van der Waals surface area contributed by atoms with Gasteiger partial charge in [-0.15, -0.1) is 0 Å². The van der Waals surface area contributed by atoms with Gasteiger partial charge < -0.3 is 4.90 Å². The Labute approximate surface area is 61.2 Å². The topological polar surface area (TPSA) is 44.1 Å². The average Bonchev–Trinajstić information content (AvgIpc) is 1.85. The summed E-state index contributed by atoms with van der Waals surface area (Å²) in [7, 11) is 3.80. The fourth-order valence-corrected chi connectivity index (χ4v) is 0.525. The van der Waals surface area contributed by atoms with Gasteiger partial charge in [0.2, 0.25) is 0 Å². The monoisotopic (exact) mass is 140 g/mol. The van der Waals surface area contributed by atoms with Crippen molar-refractivity contribution in [2.24, 2.45) is 0 Å². The fourth-order valence-electron chi connectivity index (χ4n) is 0.525. The standard InChI is InChI=1S/C7H12N2O/c1-9(2)6-4-7(10)3-5-8/h3-4,6H2,1-2H3. The van der Waals surface area contributed by atoms with Crippen molar-refractivity contribution in [3.8, 4) is 6.07 Å². The van der Waals surface area contributed by atoms with Crippen molar-refractivity contribution in [2.45, 2.75) is 12.8 Å². The molecule has 0 aliphatic rings. The Morgan fingerprint density at radius 1 is 1.60 bits per heavy atom. The summed E-state index contributed by atoms with van der Waals surface area (Å²) in [4.78, 5) is 12.6. The lowest BCUT2D eigenvalue weighted by Gasteiger charge is -2.06. The van der Waals surface area contributed by atoms with Crippen LogP contribution in [0.3, 0.4) is 0 Å². The third kappa shape index (κ3) is 5.26. The molecule has 0 radical (unpaired) electrons. The zero-order valence-corrected chi connectivity index (χ0v) is 6.42. The Bertz CT molecular complexity index is 146. The third-order valence-electron chi connectivity index (χ3n) is 1.11. The van der Waals surface area contributed by atoms with Crippen LogP contribution in [0.5, 0.6) is 0 Å². The second-order valence-electron chi connectivity index (χ2n) is 2.43. The molecule has 0 saturated carbocycles. The number of hydrogen-bond acceptors (Lipinski definition) is 3. The minimum absolute atomic E-state index is 0.0243. The van der Waals surface area contributed by atoms with Gasteiger partial charge in [0.25, 0.3) is 0 Å². The number of nitrogens with zero attached hydrogens (tertiary/aromatic N) is 2. The van der Waals surface area contributed by atoms with Gasteiger partial charge in [0, 0.05) is 13.0 Å². The highest BCUT2D eigenvalue weighted by molar-refractivity contribution is 5.80. The van der Waals surface area contributed by atoms with Gasteiger partial charge in [0.05, 0.1) is 12.5 Å². The highest BCUT2D eigenvalue weighted by atomic mass is 16.1. The van der Waals surface area contributed by atoms with E-state index in [0.29, 0.717) is 6.42 Å². The van der Waals surface area contributed by atoms with Gasteiger partial charge in [-0.2, -0.15) is 5.26 Å². The third-order valence-corrected chi connectivity index (χ3v) is 1.11. The van der Waals surface area contributed by atoms with Crippen LogP contribution in [-0.2, 0) is 4.79 Å². The fraction of sp³-hybridized carbons (Fsp3) is 0.714. The van der Waals surface area contributed by atoms with Crippen LogP contribution in [0.15, 0.2) is 0 Å². The molecule has 0 bridgehead atoms. The summed E-state index contributed by atoms with van der Waals surface area (Å²) in [6.45, 7) is 0.737. The molecule has 3 heteroatoms. The number of Topliss-reactive ketones (excluding diaryl/α,β-unsaturated/α-hetero) is 1. The molecular weight excluding hydrogens is 128 g/mol. The summed E-state index contributed by atoms with van der Waals surface area (Å²) in [6.07, 6.45) is 0.536. The van der Waals surface area contributed by atoms with Crippen molar-refractivity contribution >= 4 is 5.78 Å². The summed E-state index contributed by atoms with van der Waals surface area (Å²) in [5.74, 6) is 0.0243. The van der Waals surface area contributed by atoms with E-state index in [4.69, 9.17) is 5.26 Å². The first-order chi connectivity index (χ1) is 4.66. The molecule has 3 nitrogen and oxygen atoms in total. The van der Waals surface area contributed by atoms with Crippen LogP contribution in [0.2, 0.25) is 0 Å². The normalized spacial score (nSPS) is 9.40. The maximum atomic E-state index is 10.7. The minimum atomic E-state index is 0.0243. The molecule has 0 spiro atoms. The van der Waals surface area contributed by atoms with Gasteiger partial charge in [0.1, 0.15) is 5.78 Å². The summed E-state index contributed by atoms with van der Waals surface area (Å²) in [5, 5.41) is 8.12. The van der Waals surface area contributed by atoms with E-state index in [-0.39, 0.29) is 12.2 Å². The Hall–Kier alpha value is -0.880. The Balaban J connectivity index is 3.33. The maximum Gasteiger partial charge on any atom is 0.148 e. The molecule has 0 rings (SSSR count). The molecule has 56 valence electrons. The predicted molar refractivity (Wildman–Crippen MR) is 38.4 cm³/mol. The quantitative estimate of drug-likeness (QED) is 0.568. The zero-order valence-electron chi connectivity index (χ0n) is 6.42. The minimum Gasteiger partial charge on any atom is -0.309 e. The van der Waals surface area contributed by atoms with E-state index in [1.807, 2.05) is 25.1 Å². The van der Waals surface area contributed by atoms with Crippen LogP contribution in [0.25, 0.3) is 0 Å². The number of hydrogen-bond donors (Lipinski definition) is 0. The smallest absolute Gasteiger partial charge is 0.148 e. The van der Waals surface area contributed by atoms with E-state index in [1.54, 1.807) is 0 Å². The first-order valence-corrected chi connectivity index (χ1v) is 3.20. The molecular formula is C7H12N2O. The molecule has 0 atom stereocenters. The van der Waals surface area contributed by atoms with Gasteiger partial charge in [-0.25, -0.2) is 0 Å². The van der Waals surface area contributed by atoms with Crippen LogP contribution in [-0.4, -0.2) is 31.3 Å². The first-order valence-electron chi connectivity index (χ1n) is 3.20. The van der Waals surface area contributed by atoms with Crippen molar-refractivity contribution in [2.75, 3.05) is 20.6 Å². The zero-order chi connectivity index (χ0) is 7.98. The number of ketones is 1. The predicted octanol–water partition coefficient (Wildman–Crippen LogP) is 0.421. The van der Waals surface area contributed by atoms with E-state index in [2.05, 4.69) is 0 Å². The molecule has 0 heterocycles. The number of rotatable bonds is 4. The summed E-state index contributed by atoms with van der Waals surface area (Å²) < 4.78 is 0. The number of nitriles is 1. The van der Waals surface area contributed by atoms with Crippen LogP contribution < -0.4 is 0 Å². The van der Waals surface area contributed by atoms with Crippen molar-refractivity contribution in [3.63, 3.8) is 0 Å². The molecule has 0 saturated heterocycles. The van der Waals surface area contributed by atoms with Crippen molar-refractivity contribution in [1.29, 1.82) is 5.26 Å². The van der Waals surface area contributed by atoms with Crippen molar-refractivity contribution < 1.29 is 4.79 Å². The second kappa shape index (κ2) is 4.95. The van der Waals surface area contributed by atoms with Gasteiger partial charge in [0.15, 0.2) is 0 Å². The largest absolute Gasteiger partial charge is 0.309 e. The van der Waals surface area contributed by atoms with Crippen LogP contribution in [0.4, 0.5) is 0 Å². The number of carbonyl (C=O) groups excluding carboxylic acids is 1. The lowest BCUT2D eigenvalue weighted by atomic mass is 10.2. The lowest BCUT2D eigenvalue weighted by molar-refractivity contribution is -0.118. The summed E-state index contributed by atoms with van der Waals surface area (Å²) in [6, 6.07) is 1.82. The molecule has 0 aromatic carbocycles. The van der Waals surface area contributed by atoms with Crippen molar-refractivity contribution in [1.82, 2.24) is 4.90 Å². The van der Waals surface area contributed by atoms with Crippen LogP contribution >= 0.6 is 0 Å². The molecule has 0 aromatic rings. The lowest BCUT2D eigenvalue weighted by Crippen LogP contribution is -2.16. The molecule has 0 fully saturated rings. The van der Waals surface area contributed by atoms with Gasteiger partial charge in [-0.3, -0.25) is 4.79 Å². The molecule has 0 unspecified atom stereocenters. The SMILES string of the molecule is CN(C)CCC(=O)CC#N. The molecule has 0 amide bonds. The highest BCUT2D eigenvalue weighted by Gasteiger charge is 1.99. The summed E-state index contributed by atoms with van der Waals surface area (Å²) >= 11 is 0. The van der Waals surface area contributed by atoms with Gasteiger partial charge in [-0.05, 0) is 14.1 Å². The van der Waals surface area contributed by atoms with E-state index >= 15 is 0 Å². The summed E-state index contributed by atoms with van der Waals surface area (Å²) in [5.41, 5.74) is 0. The van der Waals surface area contributed by atoms with Crippen LogP contribution in [0, 0.1) is 11.3 Å². The number of carbonyl (C=O) groups is 1. The molecule has 0 aliphatic carbocycles. The van der Waals surface area contributed by atoms with E-state index in [1.165, 1.54) is 0 Å². The van der Waals surface area contributed by atoms with Gasteiger partial charge in [-0.1, -0.05) is 0 Å². The average molecular weight is 140 g/mol. The first kappa shape index (κ1) is 9.12. The van der Waals surface area contributed by atoms with Crippen molar-refractivity contribution in [3.05, 3.63) is 0 Å². The Morgan fingerprint density at radius 2 is 2.20 bits per heavy atom.